The summed E-state index contributed by atoms with van der Waals surface area (Å²) in [5, 5.41) is 5.72. The third-order valence-electron chi connectivity index (χ3n) is 5.96. The van der Waals surface area contributed by atoms with E-state index in [1.165, 1.54) is 12.8 Å². The van der Waals surface area contributed by atoms with Gasteiger partial charge in [-0.1, -0.05) is 5.92 Å². The van der Waals surface area contributed by atoms with E-state index in [-0.39, 0.29) is 42.8 Å². The smallest absolute Gasteiger partial charge is 0.229 e. The Hall–Kier alpha value is -2.07. The molecule has 0 spiro atoms. The lowest BCUT2D eigenvalue weighted by molar-refractivity contribution is -0.138. The van der Waals surface area contributed by atoms with Crippen molar-refractivity contribution in [1.29, 1.82) is 0 Å². The normalized spacial score (nSPS) is 25.8. The Morgan fingerprint density at radius 2 is 1.57 bits per heavy atom. The van der Waals surface area contributed by atoms with E-state index < -0.39 is 0 Å². The predicted molar refractivity (Wildman–Crippen MR) is 104 cm³/mol. The fourth-order valence-corrected chi connectivity index (χ4v) is 4.39. The van der Waals surface area contributed by atoms with Crippen LogP contribution in [0.15, 0.2) is 0 Å². The van der Waals surface area contributed by atoms with Gasteiger partial charge in [0, 0.05) is 25.2 Å². The van der Waals surface area contributed by atoms with Crippen LogP contribution in [0.4, 0.5) is 0 Å². The van der Waals surface area contributed by atoms with E-state index >= 15 is 0 Å². The molecule has 28 heavy (non-hydrogen) atoms. The van der Waals surface area contributed by atoms with Gasteiger partial charge in [0.1, 0.15) is 13.0 Å². The maximum atomic E-state index is 12.5. The summed E-state index contributed by atoms with van der Waals surface area (Å²) in [6.45, 7) is 1.87. The Labute approximate surface area is 166 Å². The van der Waals surface area contributed by atoms with Gasteiger partial charge in [0.15, 0.2) is 0 Å². The number of ether oxygens (including phenoxy) is 1. The molecule has 0 aromatic heterocycles. The molecular weight excluding hydrogens is 358 g/mol. The average molecular weight is 389 g/mol. The molecule has 0 aromatic carbocycles. The molecule has 2 N–H and O–H groups in total. The highest BCUT2D eigenvalue weighted by atomic mass is 16.5. The van der Waals surface area contributed by atoms with Crippen LogP contribution in [0.2, 0.25) is 0 Å². The van der Waals surface area contributed by atoms with Crippen molar-refractivity contribution >= 4 is 17.7 Å². The molecule has 2 heterocycles. The lowest BCUT2D eigenvalue weighted by atomic mass is 9.90. The van der Waals surface area contributed by atoms with Gasteiger partial charge in [-0.3, -0.25) is 14.4 Å². The Balaban J connectivity index is 1.35. The first-order valence-electron chi connectivity index (χ1n) is 10.4. The molecule has 7 heteroatoms. The van der Waals surface area contributed by atoms with Gasteiger partial charge in [-0.15, -0.1) is 6.42 Å². The van der Waals surface area contributed by atoms with Crippen molar-refractivity contribution in [2.24, 2.45) is 11.8 Å². The van der Waals surface area contributed by atoms with Crippen LogP contribution in [0.3, 0.4) is 0 Å². The zero-order valence-corrected chi connectivity index (χ0v) is 16.5. The zero-order valence-electron chi connectivity index (χ0n) is 16.5. The SMILES string of the molecule is C#CCOCCC(=O)N1[C@@H]2CC[C@H]1CC(CNC(=O)CC(=O)NCC1CC1)C2. The molecule has 3 fully saturated rings. The number of carbonyl (C=O) groups is 3. The highest BCUT2D eigenvalue weighted by Crippen LogP contribution is 2.38. The van der Waals surface area contributed by atoms with Gasteiger partial charge >= 0.3 is 0 Å². The molecule has 3 amide bonds. The summed E-state index contributed by atoms with van der Waals surface area (Å²) in [5.41, 5.74) is 0. The first-order chi connectivity index (χ1) is 13.6. The predicted octanol–water partition coefficient (Wildman–Crippen LogP) is 0.828. The molecule has 2 saturated heterocycles. The van der Waals surface area contributed by atoms with Crippen LogP contribution in [-0.4, -0.2) is 61.0 Å². The van der Waals surface area contributed by atoms with E-state index in [1.54, 1.807) is 0 Å². The number of hydrogen-bond acceptors (Lipinski definition) is 4. The third kappa shape index (κ3) is 5.96. The molecule has 0 aromatic rings. The molecule has 7 nitrogen and oxygen atoms in total. The third-order valence-corrected chi connectivity index (χ3v) is 5.96. The van der Waals surface area contributed by atoms with Gasteiger partial charge in [0.25, 0.3) is 0 Å². The molecule has 3 atom stereocenters. The monoisotopic (exact) mass is 389 g/mol. The number of piperidine rings is 1. The van der Waals surface area contributed by atoms with Crippen molar-refractivity contribution in [3.63, 3.8) is 0 Å². The largest absolute Gasteiger partial charge is 0.368 e. The second kappa shape index (κ2) is 9.92. The van der Waals surface area contributed by atoms with Crippen LogP contribution >= 0.6 is 0 Å². The molecule has 3 aliphatic rings. The number of hydrogen-bond donors (Lipinski definition) is 2. The summed E-state index contributed by atoms with van der Waals surface area (Å²) < 4.78 is 5.22. The van der Waals surface area contributed by atoms with Crippen molar-refractivity contribution in [1.82, 2.24) is 15.5 Å². The Bertz CT molecular complexity index is 612. The van der Waals surface area contributed by atoms with Crippen molar-refractivity contribution in [3.8, 4) is 12.3 Å². The van der Waals surface area contributed by atoms with Crippen LogP contribution in [0.25, 0.3) is 0 Å². The number of carbonyl (C=O) groups excluding carboxylic acids is 3. The van der Waals surface area contributed by atoms with Gasteiger partial charge in [0.2, 0.25) is 17.7 Å². The van der Waals surface area contributed by atoms with Crippen LogP contribution in [-0.2, 0) is 19.1 Å². The van der Waals surface area contributed by atoms with Crippen LogP contribution in [0.1, 0.15) is 51.4 Å². The first-order valence-corrected chi connectivity index (χ1v) is 10.4. The highest BCUT2D eigenvalue weighted by Gasteiger charge is 2.42. The molecule has 2 aliphatic heterocycles. The second-order valence-corrected chi connectivity index (χ2v) is 8.26. The average Bonchev–Trinajstić information content (AvgIpc) is 3.46. The van der Waals surface area contributed by atoms with Crippen molar-refractivity contribution < 1.29 is 19.1 Å². The summed E-state index contributed by atoms with van der Waals surface area (Å²) in [4.78, 5) is 38.3. The fraction of sp³-hybridized carbons (Fsp3) is 0.762. The Kier molecular flexibility index (Phi) is 7.32. The van der Waals surface area contributed by atoms with Gasteiger partial charge in [-0.2, -0.15) is 0 Å². The number of nitrogens with one attached hydrogen (secondary N) is 2. The summed E-state index contributed by atoms with van der Waals surface area (Å²) in [5.74, 6) is 3.09. The van der Waals surface area contributed by atoms with Gasteiger partial charge in [-0.05, 0) is 50.4 Å². The maximum Gasteiger partial charge on any atom is 0.229 e. The molecule has 3 rings (SSSR count). The quantitative estimate of drug-likeness (QED) is 0.329. The van der Waals surface area contributed by atoms with E-state index in [4.69, 9.17) is 11.2 Å². The van der Waals surface area contributed by atoms with Crippen LogP contribution < -0.4 is 10.6 Å². The van der Waals surface area contributed by atoms with E-state index in [0.717, 1.165) is 25.7 Å². The lowest BCUT2D eigenvalue weighted by Gasteiger charge is -2.39. The molecule has 1 unspecified atom stereocenters. The zero-order chi connectivity index (χ0) is 19.9. The lowest BCUT2D eigenvalue weighted by Crippen LogP contribution is -2.48. The Morgan fingerprint density at radius 1 is 0.964 bits per heavy atom. The topological polar surface area (TPSA) is 87.7 Å². The van der Waals surface area contributed by atoms with E-state index in [0.29, 0.717) is 38.0 Å². The van der Waals surface area contributed by atoms with Gasteiger partial charge in [0.05, 0.1) is 13.0 Å². The molecule has 1 aliphatic carbocycles. The first kappa shape index (κ1) is 20.7. The number of nitrogens with zero attached hydrogens (tertiary/aromatic N) is 1. The molecule has 2 bridgehead atoms. The molecular formula is C21H31N3O4. The number of fused-ring (bicyclic) bond motifs is 2. The minimum absolute atomic E-state index is 0.103. The van der Waals surface area contributed by atoms with Crippen molar-refractivity contribution in [3.05, 3.63) is 0 Å². The van der Waals surface area contributed by atoms with Crippen LogP contribution in [0, 0.1) is 24.2 Å². The highest BCUT2D eigenvalue weighted by molar-refractivity contribution is 5.96. The van der Waals surface area contributed by atoms with Gasteiger partial charge in [-0.25, -0.2) is 0 Å². The van der Waals surface area contributed by atoms with Gasteiger partial charge < -0.3 is 20.3 Å². The summed E-state index contributed by atoms with van der Waals surface area (Å²) >= 11 is 0. The van der Waals surface area contributed by atoms with E-state index in [2.05, 4.69) is 16.6 Å². The second-order valence-electron chi connectivity index (χ2n) is 8.26. The number of terminal acetylenes is 1. The minimum atomic E-state index is -0.218. The van der Waals surface area contributed by atoms with Crippen molar-refractivity contribution in [2.75, 3.05) is 26.3 Å². The fourth-order valence-electron chi connectivity index (χ4n) is 4.39. The summed E-state index contributed by atoms with van der Waals surface area (Å²) in [6.07, 6.45) is 11.6. The molecule has 0 radical (unpaired) electrons. The van der Waals surface area contributed by atoms with E-state index in [9.17, 15) is 14.4 Å². The standard InChI is InChI=1S/C21H31N3O4/c1-2-8-28-9-7-21(27)24-17-5-6-18(24)11-16(10-17)14-23-20(26)12-19(25)22-13-15-3-4-15/h1,15-18H,3-14H2,(H,22,25)(H,23,26)/t16?,17-,18+. The number of amides is 3. The summed E-state index contributed by atoms with van der Waals surface area (Å²) in [6, 6.07) is 0.505. The van der Waals surface area contributed by atoms with Crippen molar-refractivity contribution in [2.45, 2.75) is 63.5 Å². The number of rotatable bonds is 10. The minimum Gasteiger partial charge on any atom is -0.368 e. The molecule has 154 valence electrons. The Morgan fingerprint density at radius 3 is 2.14 bits per heavy atom. The summed E-state index contributed by atoms with van der Waals surface area (Å²) in [7, 11) is 0. The van der Waals surface area contributed by atoms with Crippen LogP contribution in [0.5, 0.6) is 0 Å². The van der Waals surface area contributed by atoms with E-state index in [1.807, 2.05) is 4.90 Å². The molecule has 1 saturated carbocycles. The maximum absolute atomic E-state index is 12.5.